The van der Waals surface area contributed by atoms with Gasteiger partial charge in [0.05, 0.1) is 16.9 Å². The molecule has 0 bridgehead atoms. The Labute approximate surface area is 127 Å². The van der Waals surface area contributed by atoms with Crippen LogP contribution in [0.25, 0.3) is 0 Å². The van der Waals surface area contributed by atoms with E-state index in [1.54, 1.807) is 11.8 Å². The summed E-state index contributed by atoms with van der Waals surface area (Å²) in [5.74, 6) is -1.16. The van der Waals surface area contributed by atoms with Gasteiger partial charge in [0, 0.05) is 18.1 Å². The highest BCUT2D eigenvalue weighted by Gasteiger charge is 2.29. The van der Waals surface area contributed by atoms with Crippen molar-refractivity contribution in [2.75, 3.05) is 18.4 Å². The summed E-state index contributed by atoms with van der Waals surface area (Å²) in [5, 5.41) is 21.9. The van der Waals surface area contributed by atoms with Crippen LogP contribution in [0.1, 0.15) is 30.1 Å². The maximum absolute atomic E-state index is 12.1. The second kappa shape index (κ2) is 5.91. The second-order valence-corrected chi connectivity index (χ2v) is 5.85. The van der Waals surface area contributed by atoms with Crippen molar-refractivity contribution < 1.29 is 19.8 Å². The number of likely N-dealkylation sites (tertiary alicyclic amines) is 1. The highest BCUT2D eigenvalue weighted by Crippen LogP contribution is 2.24. The number of hydrogen-bond donors (Lipinski definition) is 3. The number of carbonyl (C=O) groups excluding carboxylic acids is 1. The molecule has 1 aromatic carbocycles. The van der Waals surface area contributed by atoms with E-state index in [1.807, 2.05) is 0 Å². The Morgan fingerprint density at radius 3 is 2.52 bits per heavy atom. The summed E-state index contributed by atoms with van der Waals surface area (Å²) in [6, 6.07) is 3.89. The van der Waals surface area contributed by atoms with E-state index < -0.39 is 11.6 Å². The molecule has 1 aliphatic heterocycles. The van der Waals surface area contributed by atoms with Gasteiger partial charge in [-0.15, -0.1) is 0 Å². The number of nitrogens with zero attached hydrogens (tertiary/aromatic N) is 1. The lowest BCUT2D eigenvalue weighted by atomic mass is 9.94. The van der Waals surface area contributed by atoms with Gasteiger partial charge in [0.2, 0.25) is 0 Å². The monoisotopic (exact) mass is 312 g/mol. The van der Waals surface area contributed by atoms with Crippen LogP contribution in [0.4, 0.5) is 10.5 Å². The van der Waals surface area contributed by atoms with Gasteiger partial charge in [0.15, 0.2) is 0 Å². The standard InChI is InChI=1S/C14H17ClN2O4/c1-14(21)4-6-17(7-5-14)13(20)16-11-3-2-9(15)8-10(11)12(18)19/h2-3,8,21H,4-7H2,1H3,(H,16,20)(H,18,19). The first-order valence-corrected chi connectivity index (χ1v) is 6.97. The van der Waals surface area contributed by atoms with E-state index in [1.165, 1.54) is 18.2 Å². The van der Waals surface area contributed by atoms with Crippen LogP contribution in [0, 0.1) is 0 Å². The lowest BCUT2D eigenvalue weighted by molar-refractivity contribution is 0.00570. The van der Waals surface area contributed by atoms with Crippen LogP contribution in [-0.4, -0.2) is 45.8 Å². The van der Waals surface area contributed by atoms with Gasteiger partial charge < -0.3 is 20.4 Å². The van der Waals surface area contributed by atoms with E-state index >= 15 is 0 Å². The fraction of sp³-hybridized carbons (Fsp3) is 0.429. The number of benzene rings is 1. The summed E-state index contributed by atoms with van der Waals surface area (Å²) < 4.78 is 0. The molecule has 3 N–H and O–H groups in total. The van der Waals surface area contributed by atoms with Crippen molar-refractivity contribution in [1.82, 2.24) is 4.90 Å². The number of carboxylic acid groups (broad SMARTS) is 1. The molecule has 1 aromatic rings. The van der Waals surface area contributed by atoms with Gasteiger partial charge in [-0.2, -0.15) is 0 Å². The van der Waals surface area contributed by atoms with Gasteiger partial charge in [-0.25, -0.2) is 9.59 Å². The lowest BCUT2D eigenvalue weighted by Crippen LogP contribution is -2.46. The fourth-order valence-corrected chi connectivity index (χ4v) is 2.36. The first kappa shape index (κ1) is 15.6. The van der Waals surface area contributed by atoms with Crippen LogP contribution in [0.15, 0.2) is 18.2 Å². The number of urea groups is 1. The number of halogens is 1. The number of aromatic carboxylic acids is 1. The Morgan fingerprint density at radius 1 is 1.33 bits per heavy atom. The number of carbonyl (C=O) groups is 2. The summed E-state index contributed by atoms with van der Waals surface area (Å²) in [7, 11) is 0. The molecule has 0 aliphatic carbocycles. The third-order valence-corrected chi connectivity index (χ3v) is 3.82. The molecular weight excluding hydrogens is 296 g/mol. The quantitative estimate of drug-likeness (QED) is 0.782. The van der Waals surface area contributed by atoms with Crippen LogP contribution in [0.5, 0.6) is 0 Å². The highest BCUT2D eigenvalue weighted by atomic mass is 35.5. The van der Waals surface area contributed by atoms with Crippen molar-refractivity contribution in [3.8, 4) is 0 Å². The number of rotatable bonds is 2. The summed E-state index contributed by atoms with van der Waals surface area (Å²) in [4.78, 5) is 24.9. The average Bonchev–Trinajstić information content (AvgIpc) is 2.40. The fourth-order valence-electron chi connectivity index (χ4n) is 2.19. The number of piperidine rings is 1. The minimum atomic E-state index is -1.16. The maximum Gasteiger partial charge on any atom is 0.337 e. The van der Waals surface area contributed by atoms with E-state index in [9.17, 15) is 14.7 Å². The van der Waals surface area contributed by atoms with Crippen molar-refractivity contribution in [2.45, 2.75) is 25.4 Å². The molecule has 0 spiro atoms. The second-order valence-electron chi connectivity index (χ2n) is 5.41. The zero-order valence-electron chi connectivity index (χ0n) is 11.6. The van der Waals surface area contributed by atoms with Gasteiger partial charge in [0.1, 0.15) is 0 Å². The maximum atomic E-state index is 12.1. The van der Waals surface area contributed by atoms with Crippen LogP contribution in [-0.2, 0) is 0 Å². The van der Waals surface area contributed by atoms with Gasteiger partial charge in [-0.1, -0.05) is 11.6 Å². The first-order valence-electron chi connectivity index (χ1n) is 6.60. The molecule has 2 amide bonds. The summed E-state index contributed by atoms with van der Waals surface area (Å²) in [6.07, 6.45) is 0.986. The van der Waals surface area contributed by atoms with Gasteiger partial charge in [-0.3, -0.25) is 0 Å². The van der Waals surface area contributed by atoms with Crippen LogP contribution in [0.2, 0.25) is 5.02 Å². The van der Waals surface area contributed by atoms with Crippen LogP contribution < -0.4 is 5.32 Å². The van der Waals surface area contributed by atoms with E-state index in [-0.39, 0.29) is 17.3 Å². The van der Waals surface area contributed by atoms with E-state index in [4.69, 9.17) is 16.7 Å². The Balaban J connectivity index is 2.08. The minimum Gasteiger partial charge on any atom is -0.478 e. The van der Waals surface area contributed by atoms with Crippen LogP contribution >= 0.6 is 11.6 Å². The molecule has 114 valence electrons. The zero-order valence-corrected chi connectivity index (χ0v) is 12.4. The van der Waals surface area contributed by atoms with Crippen molar-refractivity contribution in [3.05, 3.63) is 28.8 Å². The summed E-state index contributed by atoms with van der Waals surface area (Å²) >= 11 is 5.76. The van der Waals surface area contributed by atoms with Gasteiger partial charge in [0.25, 0.3) is 0 Å². The Morgan fingerprint density at radius 2 is 1.95 bits per heavy atom. The molecule has 0 radical (unpaired) electrons. The molecule has 2 rings (SSSR count). The number of carboxylic acids is 1. The normalized spacial score (nSPS) is 17.4. The molecule has 0 saturated carbocycles. The molecule has 0 unspecified atom stereocenters. The topological polar surface area (TPSA) is 89.9 Å². The van der Waals surface area contributed by atoms with E-state index in [2.05, 4.69) is 5.32 Å². The first-order chi connectivity index (χ1) is 9.78. The zero-order chi connectivity index (χ0) is 15.6. The van der Waals surface area contributed by atoms with Crippen molar-refractivity contribution in [3.63, 3.8) is 0 Å². The number of anilines is 1. The lowest BCUT2D eigenvalue weighted by Gasteiger charge is -2.35. The number of aliphatic hydroxyl groups is 1. The van der Waals surface area contributed by atoms with E-state index in [0.717, 1.165) is 0 Å². The molecule has 1 aliphatic rings. The molecule has 0 atom stereocenters. The van der Waals surface area contributed by atoms with E-state index in [0.29, 0.717) is 31.0 Å². The molecule has 7 heteroatoms. The number of hydrogen-bond acceptors (Lipinski definition) is 3. The van der Waals surface area contributed by atoms with Gasteiger partial charge in [-0.05, 0) is 38.0 Å². The van der Waals surface area contributed by atoms with Crippen molar-refractivity contribution in [2.24, 2.45) is 0 Å². The predicted molar refractivity (Wildman–Crippen MR) is 78.9 cm³/mol. The predicted octanol–water partition coefficient (Wildman–Crippen LogP) is 2.42. The Kier molecular flexibility index (Phi) is 4.39. The van der Waals surface area contributed by atoms with Crippen molar-refractivity contribution in [1.29, 1.82) is 0 Å². The van der Waals surface area contributed by atoms with Crippen molar-refractivity contribution >= 4 is 29.3 Å². The highest BCUT2D eigenvalue weighted by molar-refractivity contribution is 6.31. The molecule has 6 nitrogen and oxygen atoms in total. The Bertz CT molecular complexity index is 564. The average molecular weight is 313 g/mol. The molecule has 21 heavy (non-hydrogen) atoms. The van der Waals surface area contributed by atoms with Gasteiger partial charge >= 0.3 is 12.0 Å². The molecule has 1 saturated heterocycles. The summed E-state index contributed by atoms with van der Waals surface area (Å²) in [6.45, 7) is 2.59. The molecule has 1 heterocycles. The smallest absolute Gasteiger partial charge is 0.337 e. The third kappa shape index (κ3) is 3.86. The summed E-state index contributed by atoms with van der Waals surface area (Å²) in [5.41, 5.74) is -0.599. The molecular formula is C14H17ClN2O4. The molecule has 0 aromatic heterocycles. The number of amides is 2. The Hall–Kier alpha value is -1.79. The largest absolute Gasteiger partial charge is 0.478 e. The molecule has 1 fully saturated rings. The third-order valence-electron chi connectivity index (χ3n) is 3.58. The van der Waals surface area contributed by atoms with Crippen LogP contribution in [0.3, 0.4) is 0 Å². The SMILES string of the molecule is CC1(O)CCN(C(=O)Nc2ccc(Cl)cc2C(=O)O)CC1. The number of nitrogens with one attached hydrogen (secondary N) is 1. The minimum absolute atomic E-state index is 0.0557.